The van der Waals surface area contributed by atoms with Crippen molar-refractivity contribution in [3.05, 3.63) is 35.4 Å². The molecule has 1 unspecified atom stereocenters. The van der Waals surface area contributed by atoms with Crippen molar-refractivity contribution >= 4 is 5.91 Å². The molecule has 1 aromatic rings. The average Bonchev–Trinajstić information content (AvgIpc) is 2.43. The topological polar surface area (TPSA) is 49.6 Å². The molecule has 106 valence electrons. The summed E-state index contributed by atoms with van der Waals surface area (Å²) in [6.45, 7) is 6.15. The van der Waals surface area contributed by atoms with Crippen LogP contribution in [0.15, 0.2) is 24.3 Å². The standard InChI is InChI=1S/C15H25N3O/c1-5-18(12(2)15(19)17(3)4)11-14-9-7-6-8-13(14)10-16/h6-9,12H,5,10-11,16H2,1-4H3. The summed E-state index contributed by atoms with van der Waals surface area (Å²) in [5.41, 5.74) is 8.10. The molecule has 0 radical (unpaired) electrons. The summed E-state index contributed by atoms with van der Waals surface area (Å²) in [5.74, 6) is 0.132. The van der Waals surface area contributed by atoms with Gasteiger partial charge in [-0.15, -0.1) is 0 Å². The van der Waals surface area contributed by atoms with Crippen molar-refractivity contribution in [2.24, 2.45) is 5.73 Å². The minimum atomic E-state index is -0.120. The highest BCUT2D eigenvalue weighted by Gasteiger charge is 2.21. The fourth-order valence-corrected chi connectivity index (χ4v) is 2.18. The van der Waals surface area contributed by atoms with E-state index in [4.69, 9.17) is 5.73 Å². The third-order valence-corrected chi connectivity index (χ3v) is 3.46. The van der Waals surface area contributed by atoms with Crippen LogP contribution in [0.1, 0.15) is 25.0 Å². The van der Waals surface area contributed by atoms with Crippen LogP contribution in [-0.4, -0.2) is 42.4 Å². The largest absolute Gasteiger partial charge is 0.347 e. The molecule has 4 heteroatoms. The van der Waals surface area contributed by atoms with Gasteiger partial charge in [-0.25, -0.2) is 0 Å². The predicted octanol–water partition coefficient (Wildman–Crippen LogP) is 1.44. The Kier molecular flexibility index (Phi) is 5.99. The minimum absolute atomic E-state index is 0.120. The van der Waals surface area contributed by atoms with E-state index >= 15 is 0 Å². The number of carbonyl (C=O) groups excluding carboxylic acids is 1. The summed E-state index contributed by atoms with van der Waals surface area (Å²) in [5, 5.41) is 0. The number of amides is 1. The van der Waals surface area contributed by atoms with E-state index in [1.54, 1.807) is 19.0 Å². The van der Waals surface area contributed by atoms with E-state index in [2.05, 4.69) is 17.9 Å². The number of carbonyl (C=O) groups is 1. The second-order valence-electron chi connectivity index (χ2n) is 4.94. The zero-order valence-corrected chi connectivity index (χ0v) is 12.4. The molecule has 2 N–H and O–H groups in total. The van der Waals surface area contributed by atoms with E-state index in [9.17, 15) is 4.79 Å². The lowest BCUT2D eigenvalue weighted by atomic mass is 10.1. The number of rotatable bonds is 6. The van der Waals surface area contributed by atoms with Gasteiger partial charge in [-0.1, -0.05) is 31.2 Å². The highest BCUT2D eigenvalue weighted by Crippen LogP contribution is 2.14. The van der Waals surface area contributed by atoms with Crippen LogP contribution < -0.4 is 5.73 Å². The van der Waals surface area contributed by atoms with E-state index in [0.717, 1.165) is 18.7 Å². The van der Waals surface area contributed by atoms with Gasteiger partial charge in [0.1, 0.15) is 0 Å². The molecule has 0 heterocycles. The first-order valence-corrected chi connectivity index (χ1v) is 6.73. The molecule has 0 saturated heterocycles. The maximum Gasteiger partial charge on any atom is 0.239 e. The number of hydrogen-bond acceptors (Lipinski definition) is 3. The first-order valence-electron chi connectivity index (χ1n) is 6.73. The molecule has 19 heavy (non-hydrogen) atoms. The van der Waals surface area contributed by atoms with Gasteiger partial charge in [-0.2, -0.15) is 0 Å². The maximum absolute atomic E-state index is 12.0. The van der Waals surface area contributed by atoms with Crippen molar-refractivity contribution in [3.8, 4) is 0 Å². The van der Waals surface area contributed by atoms with Gasteiger partial charge >= 0.3 is 0 Å². The zero-order chi connectivity index (χ0) is 14.4. The van der Waals surface area contributed by atoms with Gasteiger partial charge in [0.05, 0.1) is 6.04 Å². The Balaban J connectivity index is 2.84. The molecule has 4 nitrogen and oxygen atoms in total. The molecule has 0 spiro atoms. The van der Waals surface area contributed by atoms with Crippen LogP contribution in [-0.2, 0) is 17.9 Å². The maximum atomic E-state index is 12.0. The average molecular weight is 263 g/mol. The summed E-state index contributed by atoms with van der Waals surface area (Å²) in [6.07, 6.45) is 0. The molecular weight excluding hydrogens is 238 g/mol. The Morgan fingerprint density at radius 3 is 2.32 bits per heavy atom. The Morgan fingerprint density at radius 2 is 1.84 bits per heavy atom. The lowest BCUT2D eigenvalue weighted by molar-refractivity contribution is -0.134. The normalized spacial score (nSPS) is 12.5. The number of nitrogens with zero attached hydrogens (tertiary/aromatic N) is 2. The molecular formula is C15H25N3O. The van der Waals surface area contributed by atoms with E-state index in [1.807, 2.05) is 25.1 Å². The Bertz CT molecular complexity index is 418. The van der Waals surface area contributed by atoms with Gasteiger partial charge in [-0.3, -0.25) is 9.69 Å². The van der Waals surface area contributed by atoms with Crippen molar-refractivity contribution in [1.29, 1.82) is 0 Å². The first kappa shape index (κ1) is 15.7. The van der Waals surface area contributed by atoms with Crippen LogP contribution in [0.4, 0.5) is 0 Å². The lowest BCUT2D eigenvalue weighted by Crippen LogP contribution is -2.44. The van der Waals surface area contributed by atoms with Gasteiger partial charge in [0.25, 0.3) is 0 Å². The van der Waals surface area contributed by atoms with Gasteiger partial charge < -0.3 is 10.6 Å². The van der Waals surface area contributed by atoms with Crippen LogP contribution in [0.5, 0.6) is 0 Å². The molecule has 0 bridgehead atoms. The molecule has 0 saturated carbocycles. The third-order valence-electron chi connectivity index (χ3n) is 3.46. The Labute approximate surface area is 116 Å². The lowest BCUT2D eigenvalue weighted by Gasteiger charge is -2.29. The van der Waals surface area contributed by atoms with Gasteiger partial charge in [-0.05, 0) is 24.6 Å². The Morgan fingerprint density at radius 1 is 1.26 bits per heavy atom. The van der Waals surface area contributed by atoms with Crippen LogP contribution in [0, 0.1) is 0 Å². The molecule has 1 amide bonds. The molecule has 0 aromatic heterocycles. The summed E-state index contributed by atoms with van der Waals surface area (Å²) in [7, 11) is 3.58. The van der Waals surface area contributed by atoms with Crippen molar-refractivity contribution < 1.29 is 4.79 Å². The smallest absolute Gasteiger partial charge is 0.239 e. The van der Waals surface area contributed by atoms with Crippen molar-refractivity contribution in [3.63, 3.8) is 0 Å². The van der Waals surface area contributed by atoms with E-state index in [-0.39, 0.29) is 11.9 Å². The van der Waals surface area contributed by atoms with Crippen LogP contribution in [0.2, 0.25) is 0 Å². The predicted molar refractivity (Wildman–Crippen MR) is 78.6 cm³/mol. The molecule has 1 aromatic carbocycles. The summed E-state index contributed by atoms with van der Waals surface area (Å²) in [4.78, 5) is 15.9. The minimum Gasteiger partial charge on any atom is -0.347 e. The van der Waals surface area contributed by atoms with Crippen LogP contribution in [0.25, 0.3) is 0 Å². The van der Waals surface area contributed by atoms with Gasteiger partial charge in [0, 0.05) is 27.2 Å². The monoisotopic (exact) mass is 263 g/mol. The summed E-state index contributed by atoms with van der Waals surface area (Å²) in [6, 6.07) is 8.02. The van der Waals surface area contributed by atoms with Crippen LogP contribution >= 0.6 is 0 Å². The Hall–Kier alpha value is -1.39. The van der Waals surface area contributed by atoms with Crippen LogP contribution in [0.3, 0.4) is 0 Å². The fourth-order valence-electron chi connectivity index (χ4n) is 2.18. The van der Waals surface area contributed by atoms with E-state index in [0.29, 0.717) is 6.54 Å². The summed E-state index contributed by atoms with van der Waals surface area (Å²) < 4.78 is 0. The second-order valence-corrected chi connectivity index (χ2v) is 4.94. The highest BCUT2D eigenvalue weighted by molar-refractivity contribution is 5.80. The molecule has 1 atom stereocenters. The zero-order valence-electron chi connectivity index (χ0n) is 12.4. The van der Waals surface area contributed by atoms with Gasteiger partial charge in [0.15, 0.2) is 0 Å². The number of likely N-dealkylation sites (N-methyl/N-ethyl adjacent to an activating group) is 2. The number of benzene rings is 1. The van der Waals surface area contributed by atoms with Crippen molar-refractivity contribution in [2.75, 3.05) is 20.6 Å². The molecule has 1 rings (SSSR count). The van der Waals surface area contributed by atoms with E-state index < -0.39 is 0 Å². The molecule has 0 aliphatic rings. The van der Waals surface area contributed by atoms with E-state index in [1.165, 1.54) is 5.56 Å². The second kappa shape index (κ2) is 7.26. The number of hydrogen-bond donors (Lipinski definition) is 1. The van der Waals surface area contributed by atoms with Crippen molar-refractivity contribution in [2.45, 2.75) is 33.0 Å². The fraction of sp³-hybridized carbons (Fsp3) is 0.533. The van der Waals surface area contributed by atoms with Gasteiger partial charge in [0.2, 0.25) is 5.91 Å². The SMILES string of the molecule is CCN(Cc1ccccc1CN)C(C)C(=O)N(C)C. The molecule has 0 fully saturated rings. The summed E-state index contributed by atoms with van der Waals surface area (Å²) >= 11 is 0. The molecule has 0 aliphatic heterocycles. The first-order chi connectivity index (χ1) is 9.01. The molecule has 0 aliphatic carbocycles. The quantitative estimate of drug-likeness (QED) is 0.845. The highest BCUT2D eigenvalue weighted by atomic mass is 16.2. The number of nitrogens with two attached hydrogens (primary N) is 1. The van der Waals surface area contributed by atoms with Crippen molar-refractivity contribution in [1.82, 2.24) is 9.80 Å². The third kappa shape index (κ3) is 4.04.